The first-order valence-corrected chi connectivity index (χ1v) is 10.8. The van der Waals surface area contributed by atoms with Crippen LogP contribution in [0.4, 0.5) is 0 Å². The van der Waals surface area contributed by atoms with E-state index in [1.807, 2.05) is 18.2 Å². The average molecular weight is 381 g/mol. The molecule has 0 radical (unpaired) electrons. The van der Waals surface area contributed by atoms with Crippen molar-refractivity contribution >= 4 is 27.4 Å². The molecule has 0 aromatic heterocycles. The van der Waals surface area contributed by atoms with Crippen LogP contribution >= 0.6 is 0 Å². The first kappa shape index (κ1) is 20.3. The molecule has 0 spiro atoms. The van der Waals surface area contributed by atoms with Crippen molar-refractivity contribution in [3.05, 3.63) is 29.8 Å². The van der Waals surface area contributed by atoms with E-state index in [4.69, 9.17) is 4.74 Å². The van der Waals surface area contributed by atoms with Crippen LogP contribution in [0.2, 0.25) is 0 Å². The molecule has 6 nitrogen and oxygen atoms in total. The molecule has 1 fully saturated rings. The highest BCUT2D eigenvalue weighted by molar-refractivity contribution is 7.98. The van der Waals surface area contributed by atoms with Gasteiger partial charge in [-0.15, -0.1) is 0 Å². The number of rotatable bonds is 6. The van der Waals surface area contributed by atoms with Crippen LogP contribution < -0.4 is 9.46 Å². The number of para-hydroxylation sites is 1. The second-order valence-corrected chi connectivity index (χ2v) is 10.0. The molecule has 2 amide bonds. The second kappa shape index (κ2) is 7.70. The lowest BCUT2D eigenvalue weighted by Crippen LogP contribution is -2.56. The van der Waals surface area contributed by atoms with Gasteiger partial charge < -0.3 is 9.64 Å². The first-order chi connectivity index (χ1) is 12.0. The highest BCUT2D eigenvalue weighted by atomic mass is 32.2. The van der Waals surface area contributed by atoms with E-state index in [-0.39, 0.29) is 30.3 Å². The van der Waals surface area contributed by atoms with E-state index in [0.717, 1.165) is 11.3 Å². The van der Waals surface area contributed by atoms with Crippen molar-refractivity contribution in [2.75, 3.05) is 19.3 Å². The predicted molar refractivity (Wildman–Crippen MR) is 105 cm³/mol. The Hall–Kier alpha value is -2.02. The van der Waals surface area contributed by atoms with E-state index in [1.165, 1.54) is 6.26 Å². The maximum atomic E-state index is 12.1. The SMILES string of the molecule is C=S(C)(=O)NC(=O)CCC(=O)N1CC(Oc2ccccc2C(C)(C)C)C1. The summed E-state index contributed by atoms with van der Waals surface area (Å²) < 4.78 is 19.8. The van der Waals surface area contributed by atoms with Gasteiger partial charge in [0.15, 0.2) is 0 Å². The average Bonchev–Trinajstić information content (AvgIpc) is 2.45. The van der Waals surface area contributed by atoms with Crippen LogP contribution in [0.1, 0.15) is 39.2 Å². The minimum Gasteiger partial charge on any atom is -0.486 e. The van der Waals surface area contributed by atoms with Crippen molar-refractivity contribution in [2.24, 2.45) is 0 Å². The molecule has 1 aliphatic heterocycles. The van der Waals surface area contributed by atoms with Crippen LogP contribution in [0.3, 0.4) is 0 Å². The number of amides is 2. The zero-order valence-corrected chi connectivity index (χ0v) is 16.7. The van der Waals surface area contributed by atoms with Crippen molar-refractivity contribution in [3.63, 3.8) is 0 Å². The number of hydrogen-bond acceptors (Lipinski definition) is 4. The van der Waals surface area contributed by atoms with Crippen molar-refractivity contribution in [1.82, 2.24) is 9.62 Å². The molecule has 1 aliphatic rings. The molecule has 1 heterocycles. The van der Waals surface area contributed by atoms with Gasteiger partial charge in [-0.05, 0) is 22.9 Å². The summed E-state index contributed by atoms with van der Waals surface area (Å²) >= 11 is 0. The molecule has 1 unspecified atom stereocenters. The highest BCUT2D eigenvalue weighted by Crippen LogP contribution is 2.32. The highest BCUT2D eigenvalue weighted by Gasteiger charge is 2.33. The lowest BCUT2D eigenvalue weighted by molar-refractivity contribution is -0.141. The minimum absolute atomic E-state index is 0.00800. The van der Waals surface area contributed by atoms with Gasteiger partial charge >= 0.3 is 0 Å². The summed E-state index contributed by atoms with van der Waals surface area (Å²) in [7, 11) is -2.59. The maximum absolute atomic E-state index is 12.1. The number of ether oxygens (including phenoxy) is 1. The van der Waals surface area contributed by atoms with Crippen molar-refractivity contribution in [2.45, 2.75) is 45.1 Å². The summed E-state index contributed by atoms with van der Waals surface area (Å²) in [5.41, 5.74) is 1.12. The van der Waals surface area contributed by atoms with Crippen LogP contribution in [-0.4, -0.2) is 52.2 Å². The van der Waals surface area contributed by atoms with Crippen LogP contribution in [0.15, 0.2) is 24.3 Å². The second-order valence-electron chi connectivity index (χ2n) is 7.81. The van der Waals surface area contributed by atoms with E-state index < -0.39 is 15.6 Å². The fourth-order valence-electron chi connectivity index (χ4n) is 2.76. The monoisotopic (exact) mass is 380 g/mol. The van der Waals surface area contributed by atoms with Gasteiger partial charge in [0, 0.05) is 28.8 Å². The molecule has 1 N–H and O–H groups in total. The third kappa shape index (κ3) is 5.76. The Morgan fingerprint density at radius 1 is 1.27 bits per heavy atom. The predicted octanol–water partition coefficient (Wildman–Crippen LogP) is 1.73. The lowest BCUT2D eigenvalue weighted by Gasteiger charge is -2.40. The molecule has 0 aliphatic carbocycles. The summed E-state index contributed by atoms with van der Waals surface area (Å²) in [4.78, 5) is 25.4. The van der Waals surface area contributed by atoms with Gasteiger partial charge in [-0.25, -0.2) is 4.21 Å². The molecule has 144 valence electrons. The number of carbonyl (C=O) groups is 2. The quantitative estimate of drug-likeness (QED) is 0.763. The van der Waals surface area contributed by atoms with Gasteiger partial charge in [0.1, 0.15) is 11.9 Å². The van der Waals surface area contributed by atoms with Gasteiger partial charge in [-0.2, -0.15) is 0 Å². The van der Waals surface area contributed by atoms with Crippen molar-refractivity contribution in [3.8, 4) is 5.75 Å². The van der Waals surface area contributed by atoms with Crippen molar-refractivity contribution in [1.29, 1.82) is 0 Å². The zero-order chi connectivity index (χ0) is 19.5. The molecule has 1 aromatic carbocycles. The molecule has 2 rings (SSSR count). The fourth-order valence-corrected chi connectivity index (χ4v) is 3.34. The topological polar surface area (TPSA) is 75.7 Å². The maximum Gasteiger partial charge on any atom is 0.231 e. The normalized spacial score (nSPS) is 17.2. The molecule has 1 aromatic rings. The number of nitrogens with zero attached hydrogens (tertiary/aromatic N) is 1. The molecular weight excluding hydrogens is 352 g/mol. The molecule has 1 atom stereocenters. The van der Waals surface area contributed by atoms with E-state index in [0.29, 0.717) is 13.1 Å². The summed E-state index contributed by atoms with van der Waals surface area (Å²) in [5, 5.41) is 0. The Morgan fingerprint density at radius 2 is 1.88 bits per heavy atom. The summed E-state index contributed by atoms with van der Waals surface area (Å²) in [6.45, 7) is 7.43. The van der Waals surface area contributed by atoms with Gasteiger partial charge in [0.2, 0.25) is 11.8 Å². The third-order valence-electron chi connectivity index (χ3n) is 4.09. The van der Waals surface area contributed by atoms with Crippen LogP contribution in [0.5, 0.6) is 5.75 Å². The number of hydrogen-bond donors (Lipinski definition) is 1. The summed E-state index contributed by atoms with van der Waals surface area (Å²) in [5.74, 6) is 3.69. The Balaban J connectivity index is 1.81. The molecular formula is C19H28N2O4S. The summed E-state index contributed by atoms with van der Waals surface area (Å²) in [6, 6.07) is 7.95. The fraction of sp³-hybridized carbons (Fsp3) is 0.526. The lowest BCUT2D eigenvalue weighted by atomic mass is 9.86. The first-order valence-electron chi connectivity index (χ1n) is 8.62. The van der Waals surface area contributed by atoms with Crippen LogP contribution in [0.25, 0.3) is 0 Å². The van der Waals surface area contributed by atoms with Crippen molar-refractivity contribution < 1.29 is 18.5 Å². The van der Waals surface area contributed by atoms with Gasteiger partial charge in [0.25, 0.3) is 0 Å². The van der Waals surface area contributed by atoms with E-state index in [1.54, 1.807) is 4.90 Å². The Morgan fingerprint density at radius 3 is 2.46 bits per heavy atom. The van der Waals surface area contributed by atoms with Gasteiger partial charge in [-0.3, -0.25) is 14.3 Å². The molecule has 26 heavy (non-hydrogen) atoms. The molecule has 0 saturated carbocycles. The number of likely N-dealkylation sites (tertiary alicyclic amines) is 1. The number of benzene rings is 1. The molecule has 0 bridgehead atoms. The Labute approximate surface area is 156 Å². The molecule has 1 saturated heterocycles. The van der Waals surface area contributed by atoms with E-state index >= 15 is 0 Å². The smallest absolute Gasteiger partial charge is 0.231 e. The van der Waals surface area contributed by atoms with Crippen LogP contribution in [-0.2, 0) is 24.7 Å². The standard InChI is InChI=1S/C19H28N2O4S/c1-19(2,3)15-8-6-7-9-16(15)25-14-12-21(13-14)18(23)11-10-17(22)20-26(4,5)24/h6-9,14H,4,10-13H2,1-3,5H3,(H,20,22,24). The Bertz CT molecular complexity index is 775. The largest absolute Gasteiger partial charge is 0.486 e. The molecule has 7 heteroatoms. The van der Waals surface area contributed by atoms with Crippen LogP contribution in [0, 0.1) is 0 Å². The minimum atomic E-state index is -2.59. The summed E-state index contributed by atoms with van der Waals surface area (Å²) in [6.07, 6.45) is 1.41. The number of nitrogens with one attached hydrogen (secondary N) is 1. The van der Waals surface area contributed by atoms with Gasteiger partial charge in [0.05, 0.1) is 13.1 Å². The van der Waals surface area contributed by atoms with E-state index in [2.05, 4.69) is 37.4 Å². The Kier molecular flexibility index (Phi) is 6.01. The van der Waals surface area contributed by atoms with Gasteiger partial charge in [-0.1, -0.05) is 39.0 Å². The third-order valence-corrected chi connectivity index (χ3v) is 4.74. The van der Waals surface area contributed by atoms with E-state index in [9.17, 15) is 13.8 Å². The zero-order valence-electron chi connectivity index (χ0n) is 15.9. The number of carbonyl (C=O) groups excluding carboxylic acids is 2.